The first-order chi connectivity index (χ1) is 12.0. The van der Waals surface area contributed by atoms with Gasteiger partial charge in [-0.2, -0.15) is 0 Å². The van der Waals surface area contributed by atoms with Gasteiger partial charge < -0.3 is 4.42 Å². The van der Waals surface area contributed by atoms with Crippen molar-refractivity contribution in [3.05, 3.63) is 93.2 Å². The van der Waals surface area contributed by atoms with Gasteiger partial charge in [0.2, 0.25) is 0 Å². The summed E-state index contributed by atoms with van der Waals surface area (Å²) in [6.07, 6.45) is 2.90. The van der Waals surface area contributed by atoms with Gasteiger partial charge in [-0.3, -0.25) is 14.9 Å². The molecule has 0 bridgehead atoms. The Kier molecular flexibility index (Phi) is 4.77. The first-order valence-electron chi connectivity index (χ1n) is 7.36. The van der Waals surface area contributed by atoms with Crippen LogP contribution in [0.5, 0.6) is 0 Å². The van der Waals surface area contributed by atoms with Gasteiger partial charge in [-0.25, -0.2) is 0 Å². The molecule has 0 aliphatic heterocycles. The summed E-state index contributed by atoms with van der Waals surface area (Å²) in [6.45, 7) is 0. The van der Waals surface area contributed by atoms with Crippen LogP contribution in [0, 0.1) is 10.1 Å². The van der Waals surface area contributed by atoms with Crippen LogP contribution in [-0.2, 0) is 0 Å². The quantitative estimate of drug-likeness (QED) is 0.266. The number of benzene rings is 2. The molecule has 5 nitrogen and oxygen atoms in total. The lowest BCUT2D eigenvalue weighted by atomic mass is 10.1. The minimum Gasteiger partial charge on any atom is -0.456 e. The summed E-state index contributed by atoms with van der Waals surface area (Å²) in [6, 6.07) is 16.2. The van der Waals surface area contributed by atoms with Crippen LogP contribution in [0.2, 0.25) is 5.02 Å². The lowest BCUT2D eigenvalue weighted by Gasteiger charge is -1.98. The number of nitro groups is 1. The summed E-state index contributed by atoms with van der Waals surface area (Å²) in [4.78, 5) is 22.7. The first kappa shape index (κ1) is 16.7. The van der Waals surface area contributed by atoms with Crippen LogP contribution in [0.1, 0.15) is 16.1 Å². The van der Waals surface area contributed by atoms with Crippen LogP contribution >= 0.6 is 11.6 Å². The molecule has 25 heavy (non-hydrogen) atoms. The fourth-order valence-electron chi connectivity index (χ4n) is 2.30. The number of allylic oxidation sites excluding steroid dienone is 1. The molecule has 0 spiro atoms. The Morgan fingerprint density at radius 2 is 1.76 bits per heavy atom. The minimum absolute atomic E-state index is 0.0374. The highest BCUT2D eigenvalue weighted by Gasteiger charge is 2.16. The van der Waals surface area contributed by atoms with E-state index in [2.05, 4.69) is 0 Å². The van der Waals surface area contributed by atoms with Crippen molar-refractivity contribution in [1.29, 1.82) is 0 Å². The first-order valence-corrected chi connectivity index (χ1v) is 7.74. The molecule has 0 saturated carbocycles. The maximum Gasteiger partial charge on any atom is 0.280 e. The Morgan fingerprint density at radius 3 is 2.48 bits per heavy atom. The predicted molar refractivity (Wildman–Crippen MR) is 95.6 cm³/mol. The molecule has 2 aromatic carbocycles. The van der Waals surface area contributed by atoms with Crippen LogP contribution in [0.4, 0.5) is 5.69 Å². The molecular formula is C19H12ClNO4. The Hall–Kier alpha value is -3.18. The van der Waals surface area contributed by atoms with E-state index in [1.165, 1.54) is 18.2 Å². The molecule has 0 amide bonds. The lowest BCUT2D eigenvalue weighted by Crippen LogP contribution is -1.92. The second kappa shape index (κ2) is 7.15. The van der Waals surface area contributed by atoms with Crippen molar-refractivity contribution in [1.82, 2.24) is 0 Å². The van der Waals surface area contributed by atoms with E-state index in [1.54, 1.807) is 54.6 Å². The van der Waals surface area contributed by atoms with Crippen molar-refractivity contribution in [2.45, 2.75) is 0 Å². The maximum absolute atomic E-state index is 12.1. The van der Waals surface area contributed by atoms with E-state index in [9.17, 15) is 14.9 Å². The topological polar surface area (TPSA) is 73.3 Å². The Morgan fingerprint density at radius 1 is 1.04 bits per heavy atom. The average Bonchev–Trinajstić information content (AvgIpc) is 3.09. The van der Waals surface area contributed by atoms with Gasteiger partial charge in [-0.15, -0.1) is 0 Å². The molecular weight excluding hydrogens is 342 g/mol. The lowest BCUT2D eigenvalue weighted by molar-refractivity contribution is -0.384. The number of carbonyl (C=O) groups is 1. The standard InChI is InChI=1S/C19H12ClNO4/c20-14-7-5-13(6-8-14)18(22)11-9-15-10-12-19(25-15)16-3-1-2-4-17(16)21(23)24/h1-12H/b11-9+. The minimum atomic E-state index is -0.461. The largest absolute Gasteiger partial charge is 0.456 e. The van der Waals surface area contributed by atoms with E-state index in [1.807, 2.05) is 0 Å². The maximum atomic E-state index is 12.1. The van der Waals surface area contributed by atoms with E-state index < -0.39 is 4.92 Å². The monoisotopic (exact) mass is 353 g/mol. The Labute approximate surface area is 148 Å². The number of furan rings is 1. The summed E-state index contributed by atoms with van der Waals surface area (Å²) in [5.41, 5.74) is 0.854. The number of carbonyl (C=O) groups excluding carboxylic acids is 1. The molecule has 0 atom stereocenters. The third-order valence-electron chi connectivity index (χ3n) is 3.52. The van der Waals surface area contributed by atoms with Gasteiger partial charge in [0, 0.05) is 16.7 Å². The highest BCUT2D eigenvalue weighted by Crippen LogP contribution is 2.31. The second-order valence-corrected chi connectivity index (χ2v) is 5.62. The van der Waals surface area contributed by atoms with Crippen LogP contribution < -0.4 is 0 Å². The van der Waals surface area contributed by atoms with Crippen molar-refractivity contribution in [2.75, 3.05) is 0 Å². The number of ketones is 1. The number of nitrogens with zero attached hydrogens (tertiary/aromatic N) is 1. The molecule has 3 rings (SSSR count). The van der Waals surface area contributed by atoms with Crippen LogP contribution in [0.25, 0.3) is 17.4 Å². The van der Waals surface area contributed by atoms with Gasteiger partial charge >= 0.3 is 0 Å². The normalized spacial score (nSPS) is 10.9. The molecule has 6 heteroatoms. The van der Waals surface area contributed by atoms with E-state index >= 15 is 0 Å². The van der Waals surface area contributed by atoms with Crippen molar-refractivity contribution in [3.8, 4) is 11.3 Å². The van der Waals surface area contributed by atoms with E-state index in [0.717, 1.165) is 0 Å². The highest BCUT2D eigenvalue weighted by molar-refractivity contribution is 6.30. The molecule has 0 aliphatic rings. The van der Waals surface area contributed by atoms with Gasteiger partial charge in [0.05, 0.1) is 10.5 Å². The predicted octanol–water partition coefficient (Wildman–Crippen LogP) is 5.40. The van der Waals surface area contributed by atoms with Crippen LogP contribution in [0.15, 0.2) is 71.2 Å². The molecule has 0 N–H and O–H groups in total. The van der Waals surface area contributed by atoms with Crippen molar-refractivity contribution in [2.24, 2.45) is 0 Å². The van der Waals surface area contributed by atoms with Crippen molar-refractivity contribution >= 4 is 29.1 Å². The zero-order valence-corrected chi connectivity index (χ0v) is 13.6. The number of para-hydroxylation sites is 1. The smallest absolute Gasteiger partial charge is 0.280 e. The van der Waals surface area contributed by atoms with Crippen LogP contribution in [0.3, 0.4) is 0 Å². The van der Waals surface area contributed by atoms with Crippen molar-refractivity contribution in [3.63, 3.8) is 0 Å². The van der Waals surface area contributed by atoms with Gasteiger partial charge in [0.25, 0.3) is 5.69 Å². The molecule has 0 aliphatic carbocycles. The fraction of sp³-hybridized carbons (Fsp3) is 0. The molecule has 0 fully saturated rings. The second-order valence-electron chi connectivity index (χ2n) is 5.18. The van der Waals surface area contributed by atoms with Gasteiger partial charge in [-0.05, 0) is 54.6 Å². The summed E-state index contributed by atoms with van der Waals surface area (Å²) in [5, 5.41) is 11.6. The molecule has 1 aromatic heterocycles. The third-order valence-corrected chi connectivity index (χ3v) is 3.77. The average molecular weight is 354 g/mol. The molecule has 3 aromatic rings. The van der Waals surface area contributed by atoms with Gasteiger partial charge in [-0.1, -0.05) is 23.7 Å². The third kappa shape index (κ3) is 3.84. The van der Waals surface area contributed by atoms with Gasteiger partial charge in [0.1, 0.15) is 11.5 Å². The Bertz CT molecular complexity index is 958. The number of hydrogen-bond donors (Lipinski definition) is 0. The molecule has 0 unspecified atom stereocenters. The summed E-state index contributed by atoms with van der Waals surface area (Å²) in [7, 11) is 0. The van der Waals surface area contributed by atoms with Crippen molar-refractivity contribution < 1.29 is 14.1 Å². The fourth-order valence-corrected chi connectivity index (χ4v) is 2.42. The highest BCUT2D eigenvalue weighted by atomic mass is 35.5. The van der Waals surface area contributed by atoms with E-state index in [4.69, 9.17) is 16.0 Å². The number of halogens is 1. The zero-order valence-electron chi connectivity index (χ0n) is 12.9. The summed E-state index contributed by atoms with van der Waals surface area (Å²) < 4.78 is 5.60. The number of hydrogen-bond acceptors (Lipinski definition) is 4. The van der Waals surface area contributed by atoms with E-state index in [-0.39, 0.29) is 11.5 Å². The SMILES string of the molecule is O=C(/C=C/c1ccc(-c2ccccc2[N+](=O)[O-])o1)c1ccc(Cl)cc1. The number of nitro benzene ring substituents is 1. The molecule has 0 radical (unpaired) electrons. The van der Waals surface area contributed by atoms with E-state index in [0.29, 0.717) is 27.7 Å². The molecule has 1 heterocycles. The Balaban J connectivity index is 1.81. The summed E-state index contributed by atoms with van der Waals surface area (Å²) in [5.74, 6) is 0.599. The zero-order chi connectivity index (χ0) is 17.8. The van der Waals surface area contributed by atoms with Crippen LogP contribution in [-0.4, -0.2) is 10.7 Å². The van der Waals surface area contributed by atoms with Gasteiger partial charge in [0.15, 0.2) is 5.78 Å². The molecule has 0 saturated heterocycles. The molecule has 124 valence electrons. The number of rotatable bonds is 5. The summed E-state index contributed by atoms with van der Waals surface area (Å²) >= 11 is 5.79.